The summed E-state index contributed by atoms with van der Waals surface area (Å²) in [5.41, 5.74) is 8.05. The minimum atomic E-state index is -0.877. The molecule has 296 valence electrons. The van der Waals surface area contributed by atoms with Crippen molar-refractivity contribution in [3.63, 3.8) is 0 Å². The first-order chi connectivity index (χ1) is 29.3. The Balaban J connectivity index is 0.000000135. The molecule has 0 N–H and O–H groups in total. The Labute approximate surface area is 372 Å². The van der Waals surface area contributed by atoms with Gasteiger partial charge in [0, 0.05) is 20.4 Å². The van der Waals surface area contributed by atoms with Gasteiger partial charge in [0.1, 0.15) is 31.8 Å². The molecule has 3 heteroatoms. The van der Waals surface area contributed by atoms with Gasteiger partial charge in [0.25, 0.3) is 0 Å². The molecule has 10 aromatic rings. The molecule has 0 spiro atoms. The van der Waals surface area contributed by atoms with E-state index >= 15 is 0 Å². The van der Waals surface area contributed by atoms with E-state index in [1.54, 1.807) is 0 Å². The van der Waals surface area contributed by atoms with Crippen LogP contribution in [-0.2, 0) is 20.4 Å². The normalized spacial score (nSPS) is 10.5. The second-order valence-corrected chi connectivity index (χ2v) is 19.1. The molecule has 0 radical (unpaired) electrons. The summed E-state index contributed by atoms with van der Waals surface area (Å²) in [5.74, 6) is 0. The molecule has 10 aromatic carbocycles. The van der Waals surface area contributed by atoms with E-state index in [-0.39, 0.29) is 20.4 Å². The van der Waals surface area contributed by atoms with Crippen LogP contribution in [0.4, 0.5) is 0 Å². The van der Waals surface area contributed by atoms with Gasteiger partial charge in [-0.1, -0.05) is 152 Å². The van der Waals surface area contributed by atoms with E-state index in [1.165, 1.54) is 65.2 Å². The third-order valence-corrected chi connectivity index (χ3v) is 15.7. The Kier molecular flexibility index (Phi) is 15.4. The van der Waals surface area contributed by atoms with E-state index < -0.39 is 15.8 Å². The molecule has 0 saturated heterocycles. The zero-order chi connectivity index (χ0) is 39.9. The smallest absolute Gasteiger partial charge is 0.102 e. The molecule has 0 amide bonds. The maximum absolute atomic E-state index is 2.24. The number of rotatable bonds is 9. The molecule has 0 saturated carbocycles. The molecule has 0 atom stereocenters. The van der Waals surface area contributed by atoms with Crippen molar-refractivity contribution < 1.29 is 20.4 Å². The quantitative estimate of drug-likeness (QED) is 0.0769. The van der Waals surface area contributed by atoms with Crippen molar-refractivity contribution in [3.8, 4) is 33.4 Å². The monoisotopic (exact) mass is 899 g/mol. The molecule has 0 aliphatic heterocycles. The summed E-state index contributed by atoms with van der Waals surface area (Å²) in [5, 5.41) is 8.61. The predicted octanol–water partition coefficient (Wildman–Crippen LogP) is 12.2. The van der Waals surface area contributed by atoms with Gasteiger partial charge in [-0.2, -0.15) is 12.1 Å². The predicted molar refractivity (Wildman–Crippen MR) is 263 cm³/mol. The van der Waals surface area contributed by atoms with E-state index in [9.17, 15) is 0 Å². The van der Waals surface area contributed by atoms with Gasteiger partial charge in [0.05, 0.1) is 15.8 Å². The molecule has 0 bridgehead atoms. The van der Waals surface area contributed by atoms with Gasteiger partial charge in [-0.25, -0.2) is 11.1 Å². The van der Waals surface area contributed by atoms with Crippen LogP contribution in [0.2, 0.25) is 0 Å². The second-order valence-electron chi connectivity index (χ2n) is 14.2. The van der Waals surface area contributed by atoms with Gasteiger partial charge < -0.3 is 16.7 Å². The Morgan fingerprint density at radius 2 is 0.317 bits per heavy atom. The number of hydrogen-bond acceptors (Lipinski definition) is 0. The third-order valence-electron chi connectivity index (χ3n) is 10.2. The van der Waals surface area contributed by atoms with Crippen molar-refractivity contribution in [2.24, 2.45) is 0 Å². The van der Waals surface area contributed by atoms with Gasteiger partial charge in [-0.05, 0) is 72.8 Å². The van der Waals surface area contributed by atoms with Crippen LogP contribution in [-0.4, -0.2) is 0 Å². The fraction of sp³-hybridized carbons (Fsp3) is 0. The molecule has 0 aromatic heterocycles. The average Bonchev–Trinajstić information content (AvgIpc) is 4.09. The Morgan fingerprint density at radius 3 is 0.467 bits per heavy atom. The van der Waals surface area contributed by atoms with Gasteiger partial charge in [0.15, 0.2) is 0 Å². The first kappa shape index (κ1) is 42.2. The van der Waals surface area contributed by atoms with Crippen LogP contribution in [0.25, 0.3) is 33.4 Å². The van der Waals surface area contributed by atoms with Crippen LogP contribution in [0.5, 0.6) is 0 Å². The van der Waals surface area contributed by atoms with E-state index in [4.69, 9.17) is 0 Å². The van der Waals surface area contributed by atoms with Crippen LogP contribution in [0.3, 0.4) is 0 Å². The van der Waals surface area contributed by atoms with Crippen LogP contribution >= 0.6 is 15.8 Å². The first-order valence-electron chi connectivity index (χ1n) is 20.2. The second kappa shape index (κ2) is 21.9. The Bertz CT molecular complexity index is 2230. The fourth-order valence-electron chi connectivity index (χ4n) is 7.50. The van der Waals surface area contributed by atoms with Crippen molar-refractivity contribution in [3.05, 3.63) is 273 Å². The Hall–Kier alpha value is -5.89. The Morgan fingerprint density at radius 1 is 0.183 bits per heavy atom. The molecule has 0 aliphatic carbocycles. The summed E-state index contributed by atoms with van der Waals surface area (Å²) in [6.45, 7) is 0. The maximum atomic E-state index is 2.24. The van der Waals surface area contributed by atoms with Crippen molar-refractivity contribution in [2.45, 2.75) is 0 Å². The summed E-state index contributed by atoms with van der Waals surface area (Å²) in [7, 11) is -1.75. The molecule has 0 aliphatic rings. The average molecular weight is 900 g/mol. The van der Waals surface area contributed by atoms with Gasteiger partial charge in [0.2, 0.25) is 0 Å². The van der Waals surface area contributed by atoms with Crippen molar-refractivity contribution >= 4 is 47.7 Å². The van der Waals surface area contributed by atoms with Crippen LogP contribution in [0, 0.1) is 0 Å². The van der Waals surface area contributed by atoms with Crippen molar-refractivity contribution in [1.29, 1.82) is 0 Å². The van der Waals surface area contributed by atoms with E-state index in [1.807, 2.05) is 0 Å². The molecule has 0 heterocycles. The van der Waals surface area contributed by atoms with Crippen LogP contribution < -0.4 is 31.8 Å². The minimum Gasteiger partial charge on any atom is -0.377 e. The number of hydrogen-bond donors (Lipinski definition) is 0. The summed E-state index contributed by atoms with van der Waals surface area (Å²) in [6, 6.07) is 96.9. The van der Waals surface area contributed by atoms with Crippen LogP contribution in [0.1, 0.15) is 0 Å². The van der Waals surface area contributed by atoms with Gasteiger partial charge in [-0.15, -0.1) is 36.4 Å². The van der Waals surface area contributed by atoms with Gasteiger partial charge >= 0.3 is 0 Å². The van der Waals surface area contributed by atoms with E-state index in [0.717, 1.165) is 0 Å². The van der Waals surface area contributed by atoms with Crippen LogP contribution in [0.15, 0.2) is 273 Å². The van der Waals surface area contributed by atoms with E-state index in [0.29, 0.717) is 0 Å². The number of benzene rings is 9. The molecular weight excluding hydrogens is 853 g/mol. The summed E-state index contributed by atoms with van der Waals surface area (Å²) in [6.07, 6.45) is 0. The molecule has 60 heavy (non-hydrogen) atoms. The molecule has 10 rings (SSSR count). The molecular formula is C57H47P2Pd-. The zero-order valence-corrected chi connectivity index (χ0v) is 36.9. The molecule has 0 unspecified atom stereocenters. The first-order valence-corrected chi connectivity index (χ1v) is 23.2. The summed E-state index contributed by atoms with van der Waals surface area (Å²) < 4.78 is 0. The minimum absolute atomic E-state index is 0. The van der Waals surface area contributed by atoms with Crippen molar-refractivity contribution in [1.82, 2.24) is 0 Å². The summed E-state index contributed by atoms with van der Waals surface area (Å²) >= 11 is 0. The molecule has 0 fully saturated rings. The third kappa shape index (κ3) is 10.8. The van der Waals surface area contributed by atoms with E-state index in [2.05, 4.69) is 273 Å². The topological polar surface area (TPSA) is 0 Å². The SMILES string of the molecule is [Pd].c1ccc(-[c-]2[c-](-c3ccccc3)[c-]2-c2ccccc2)cc1.c1ccc([PH+](c2ccccc2)c2ccccc2)cc1.c1ccc([PH+](c2ccccc2)c2ccccc2)cc1. The molecule has 0 nitrogen and oxygen atoms in total. The maximum Gasteiger partial charge on any atom is 0.102 e. The fourth-order valence-corrected chi connectivity index (χ4v) is 12.7. The largest absolute Gasteiger partial charge is 0.377 e. The van der Waals surface area contributed by atoms with Gasteiger partial charge in [-0.3, -0.25) is 5.56 Å². The van der Waals surface area contributed by atoms with Crippen molar-refractivity contribution in [2.75, 3.05) is 0 Å². The standard InChI is InChI=1S/C21H15.2C18H15P.Pd/c1-4-10-16(11-5-1)19-20(17-12-6-2-7-13-17)21(19)18-14-8-3-9-15-18;2*1-4-10-16(11-5-1)19(17-12-6-2-7-13-17)18-14-8-3-9-15-18;/h1-15H;2*1-15H;/q-3;;;/p+2. The zero-order valence-electron chi connectivity index (χ0n) is 33.3. The summed E-state index contributed by atoms with van der Waals surface area (Å²) in [4.78, 5) is 0.